The van der Waals surface area contributed by atoms with E-state index in [9.17, 15) is 14.4 Å². The van der Waals surface area contributed by atoms with E-state index < -0.39 is 11.6 Å². The summed E-state index contributed by atoms with van der Waals surface area (Å²) in [5, 5.41) is 3.64. The molecule has 1 aromatic carbocycles. The van der Waals surface area contributed by atoms with E-state index in [1.54, 1.807) is 11.8 Å². The number of thioether (sulfide) groups is 1. The number of imide groups is 1. The van der Waals surface area contributed by atoms with Gasteiger partial charge in [-0.3, -0.25) is 19.9 Å². The highest BCUT2D eigenvalue weighted by molar-refractivity contribution is 7.98. The molecule has 2 N–H and O–H groups in total. The molecule has 27 heavy (non-hydrogen) atoms. The quantitative estimate of drug-likeness (QED) is 0.574. The summed E-state index contributed by atoms with van der Waals surface area (Å²) >= 11 is 1.68. The van der Waals surface area contributed by atoms with Gasteiger partial charge >= 0.3 is 6.03 Å². The number of likely N-dealkylation sites (N-methyl/N-ethyl adjacent to an activating group) is 1. The molecular weight excluding hydrogens is 364 g/mol. The number of carbonyl (C=O) groups is 3. The standard InChI is InChI=1S/C19H26N4O3S/c1-22(12-14-6-8-15(27-2)9-7-14)13-16(24)21-23-17(25)19(20-18(23)26)10-4-3-5-11-19/h6-9H,3-5,10-13H2,1-2H3,(H,20,26)(H,21,24). The first kappa shape index (κ1) is 19.7. The predicted octanol–water partition coefficient (Wildman–Crippen LogP) is 2.13. The van der Waals surface area contributed by atoms with Crippen LogP contribution >= 0.6 is 11.8 Å². The number of hydrogen-bond acceptors (Lipinski definition) is 5. The van der Waals surface area contributed by atoms with E-state index in [4.69, 9.17) is 0 Å². The van der Waals surface area contributed by atoms with Crippen LogP contribution in [0.3, 0.4) is 0 Å². The highest BCUT2D eigenvalue weighted by Crippen LogP contribution is 2.32. The van der Waals surface area contributed by atoms with Gasteiger partial charge in [-0.1, -0.05) is 31.4 Å². The predicted molar refractivity (Wildman–Crippen MR) is 104 cm³/mol. The van der Waals surface area contributed by atoms with Crippen molar-refractivity contribution < 1.29 is 14.4 Å². The largest absolute Gasteiger partial charge is 0.344 e. The Morgan fingerprint density at radius 2 is 1.89 bits per heavy atom. The molecule has 146 valence electrons. The van der Waals surface area contributed by atoms with Gasteiger partial charge in [0.2, 0.25) is 0 Å². The molecule has 3 rings (SSSR count). The van der Waals surface area contributed by atoms with Crippen molar-refractivity contribution in [3.63, 3.8) is 0 Å². The number of hydrazine groups is 1. The zero-order valence-corrected chi connectivity index (χ0v) is 16.6. The van der Waals surface area contributed by atoms with Crippen LogP contribution in [0.5, 0.6) is 0 Å². The molecule has 2 aliphatic rings. The van der Waals surface area contributed by atoms with Crippen LogP contribution in [-0.4, -0.2) is 53.1 Å². The minimum atomic E-state index is -0.826. The van der Waals surface area contributed by atoms with Crippen LogP contribution in [0.2, 0.25) is 0 Å². The lowest BCUT2D eigenvalue weighted by atomic mass is 9.82. The minimum Gasteiger partial charge on any atom is -0.322 e. The van der Waals surface area contributed by atoms with Crippen molar-refractivity contribution in [2.45, 2.75) is 49.1 Å². The van der Waals surface area contributed by atoms with Crippen molar-refractivity contribution in [2.24, 2.45) is 0 Å². The molecule has 0 radical (unpaired) electrons. The van der Waals surface area contributed by atoms with E-state index in [-0.39, 0.29) is 18.4 Å². The first-order valence-corrected chi connectivity index (χ1v) is 10.4. The average molecular weight is 391 g/mol. The Morgan fingerprint density at radius 1 is 1.22 bits per heavy atom. The topological polar surface area (TPSA) is 81.8 Å². The molecule has 1 saturated heterocycles. The molecule has 8 heteroatoms. The Morgan fingerprint density at radius 3 is 2.52 bits per heavy atom. The summed E-state index contributed by atoms with van der Waals surface area (Å²) in [7, 11) is 1.83. The summed E-state index contributed by atoms with van der Waals surface area (Å²) in [5.74, 6) is -0.717. The van der Waals surface area contributed by atoms with Gasteiger partial charge in [0.05, 0.1) is 6.54 Å². The molecule has 0 aromatic heterocycles. The molecule has 1 aliphatic heterocycles. The summed E-state index contributed by atoms with van der Waals surface area (Å²) in [6.07, 6.45) is 6.18. The van der Waals surface area contributed by atoms with Crippen LogP contribution in [0, 0.1) is 0 Å². The average Bonchev–Trinajstić information content (AvgIpc) is 2.87. The van der Waals surface area contributed by atoms with Gasteiger partial charge in [-0.25, -0.2) is 4.79 Å². The summed E-state index contributed by atoms with van der Waals surface area (Å²) in [5.41, 5.74) is 2.74. The van der Waals surface area contributed by atoms with E-state index in [0.717, 1.165) is 29.8 Å². The van der Waals surface area contributed by atoms with Gasteiger partial charge in [0, 0.05) is 11.4 Å². The van der Waals surface area contributed by atoms with Gasteiger partial charge < -0.3 is 5.32 Å². The molecule has 4 amide bonds. The van der Waals surface area contributed by atoms with E-state index in [0.29, 0.717) is 19.4 Å². The maximum absolute atomic E-state index is 12.7. The fourth-order valence-electron chi connectivity index (χ4n) is 3.72. The molecule has 0 bridgehead atoms. The number of benzene rings is 1. The lowest BCUT2D eigenvalue weighted by Crippen LogP contribution is -2.52. The zero-order chi connectivity index (χ0) is 19.4. The number of amides is 4. The molecule has 1 aromatic rings. The van der Waals surface area contributed by atoms with Crippen LogP contribution in [0.4, 0.5) is 4.79 Å². The van der Waals surface area contributed by atoms with Gasteiger partial charge in [0.15, 0.2) is 0 Å². The van der Waals surface area contributed by atoms with E-state index >= 15 is 0 Å². The maximum Gasteiger partial charge on any atom is 0.344 e. The molecular formula is C19H26N4O3S. The Labute approximate surface area is 163 Å². The fraction of sp³-hybridized carbons (Fsp3) is 0.526. The Bertz CT molecular complexity index is 716. The van der Waals surface area contributed by atoms with Crippen molar-refractivity contribution in [1.82, 2.24) is 20.7 Å². The number of nitrogens with zero attached hydrogens (tertiary/aromatic N) is 2. The van der Waals surface area contributed by atoms with E-state index in [1.807, 2.05) is 42.5 Å². The van der Waals surface area contributed by atoms with Gasteiger partial charge in [-0.2, -0.15) is 5.01 Å². The molecule has 0 unspecified atom stereocenters. The molecule has 7 nitrogen and oxygen atoms in total. The van der Waals surface area contributed by atoms with E-state index in [2.05, 4.69) is 10.7 Å². The lowest BCUT2D eigenvalue weighted by molar-refractivity contribution is -0.140. The van der Waals surface area contributed by atoms with Crippen LogP contribution in [0.1, 0.15) is 37.7 Å². The second-order valence-corrected chi connectivity index (χ2v) is 8.15. The second kappa shape index (κ2) is 8.31. The monoisotopic (exact) mass is 390 g/mol. The number of rotatable bonds is 6. The maximum atomic E-state index is 12.7. The molecule has 1 saturated carbocycles. The van der Waals surface area contributed by atoms with Crippen molar-refractivity contribution in [1.29, 1.82) is 0 Å². The third-order valence-electron chi connectivity index (χ3n) is 5.13. The normalized spacial score (nSPS) is 18.9. The smallest absolute Gasteiger partial charge is 0.322 e. The molecule has 1 aliphatic carbocycles. The van der Waals surface area contributed by atoms with Gasteiger partial charge in [0.25, 0.3) is 11.8 Å². The number of urea groups is 1. The van der Waals surface area contributed by atoms with Crippen LogP contribution in [-0.2, 0) is 16.1 Å². The van der Waals surface area contributed by atoms with Crippen molar-refractivity contribution in [3.8, 4) is 0 Å². The molecule has 2 fully saturated rings. The van der Waals surface area contributed by atoms with Crippen molar-refractivity contribution in [3.05, 3.63) is 29.8 Å². The van der Waals surface area contributed by atoms with Gasteiger partial charge in [-0.05, 0) is 43.8 Å². The highest BCUT2D eigenvalue weighted by Gasteiger charge is 2.52. The first-order chi connectivity index (χ1) is 12.9. The van der Waals surface area contributed by atoms with Crippen LogP contribution in [0.15, 0.2) is 29.2 Å². The number of carbonyl (C=O) groups excluding carboxylic acids is 3. The third-order valence-corrected chi connectivity index (χ3v) is 5.87. The SMILES string of the molecule is CSc1ccc(CN(C)CC(=O)NN2C(=O)NC3(CCCCC3)C2=O)cc1. The van der Waals surface area contributed by atoms with Crippen molar-refractivity contribution in [2.75, 3.05) is 19.8 Å². The second-order valence-electron chi connectivity index (χ2n) is 7.27. The number of hydrogen-bond donors (Lipinski definition) is 2. The Kier molecular flexibility index (Phi) is 6.06. The van der Waals surface area contributed by atoms with Crippen molar-refractivity contribution >= 4 is 29.6 Å². The minimum absolute atomic E-state index is 0.0916. The summed E-state index contributed by atoms with van der Waals surface area (Å²) in [4.78, 5) is 40.2. The van der Waals surface area contributed by atoms with Crippen LogP contribution < -0.4 is 10.7 Å². The summed E-state index contributed by atoms with van der Waals surface area (Å²) in [6, 6.07) is 7.62. The summed E-state index contributed by atoms with van der Waals surface area (Å²) in [6.45, 7) is 0.695. The van der Waals surface area contributed by atoms with Crippen LogP contribution in [0.25, 0.3) is 0 Å². The fourth-order valence-corrected chi connectivity index (χ4v) is 4.13. The third kappa shape index (κ3) is 4.44. The first-order valence-electron chi connectivity index (χ1n) is 9.21. The molecule has 0 atom stereocenters. The Hall–Kier alpha value is -2.06. The lowest BCUT2D eigenvalue weighted by Gasteiger charge is -2.30. The highest BCUT2D eigenvalue weighted by atomic mass is 32.2. The summed E-state index contributed by atoms with van der Waals surface area (Å²) < 4.78 is 0. The Balaban J connectivity index is 1.53. The zero-order valence-electron chi connectivity index (χ0n) is 15.8. The molecule has 1 spiro atoms. The molecule has 1 heterocycles. The number of nitrogens with one attached hydrogen (secondary N) is 2. The van der Waals surface area contributed by atoms with E-state index in [1.165, 1.54) is 4.90 Å². The van der Waals surface area contributed by atoms with Gasteiger partial charge in [0.1, 0.15) is 5.54 Å². The van der Waals surface area contributed by atoms with Gasteiger partial charge in [-0.15, -0.1) is 11.8 Å².